The lowest BCUT2D eigenvalue weighted by molar-refractivity contribution is -0.140. The van der Waals surface area contributed by atoms with E-state index >= 15 is 0 Å². The number of carbonyl (C=O) groups is 1. The number of unbranched alkanes of at least 4 members (excludes halogenated alkanes) is 15. The molecular weight excluding hydrogens is 368 g/mol. The van der Waals surface area contributed by atoms with Crippen LogP contribution >= 0.6 is 0 Å². The van der Waals surface area contributed by atoms with Crippen LogP contribution < -0.4 is 0 Å². The molecule has 0 aliphatic heterocycles. The number of rotatable bonds is 20. The first kappa shape index (κ1) is 26.5. The Balaban J connectivity index is 1.82. The van der Waals surface area contributed by atoms with Crippen molar-refractivity contribution in [1.29, 1.82) is 0 Å². The summed E-state index contributed by atoms with van der Waals surface area (Å²) >= 11 is 0. The van der Waals surface area contributed by atoms with Gasteiger partial charge >= 0.3 is 5.97 Å². The Hall–Kier alpha value is -1.57. The number of hydrogen-bond acceptors (Lipinski definition) is 2. The minimum absolute atomic E-state index is 0.250. The first-order valence-electron chi connectivity index (χ1n) is 12.6. The molecule has 0 fully saturated rings. The molecule has 0 N–H and O–H groups in total. The van der Waals surface area contributed by atoms with E-state index in [-0.39, 0.29) is 5.97 Å². The molecule has 2 nitrogen and oxygen atoms in total. The molecular formula is C28H46O2. The molecule has 0 amide bonds. The Labute approximate surface area is 186 Å². The molecule has 0 radical (unpaired) electrons. The van der Waals surface area contributed by atoms with E-state index in [0.29, 0.717) is 12.2 Å². The molecule has 170 valence electrons. The van der Waals surface area contributed by atoms with Gasteiger partial charge in [0.25, 0.3) is 0 Å². The fourth-order valence-electron chi connectivity index (χ4n) is 3.81. The second-order valence-corrected chi connectivity index (χ2v) is 8.72. The summed E-state index contributed by atoms with van der Waals surface area (Å²) in [6, 6.07) is 9.79. The van der Waals surface area contributed by atoms with Crippen molar-refractivity contribution < 1.29 is 9.53 Å². The summed E-state index contributed by atoms with van der Waals surface area (Å²) in [6.07, 6.45) is 22.5. The third-order valence-corrected chi connectivity index (χ3v) is 5.83. The van der Waals surface area contributed by atoms with E-state index in [1.54, 1.807) is 0 Å². The second-order valence-electron chi connectivity index (χ2n) is 8.72. The van der Waals surface area contributed by atoms with Gasteiger partial charge in [-0.15, -0.1) is 0 Å². The third kappa shape index (κ3) is 15.3. The van der Waals surface area contributed by atoms with Gasteiger partial charge < -0.3 is 4.74 Å². The Morgan fingerprint density at radius 3 is 1.60 bits per heavy atom. The van der Waals surface area contributed by atoms with Crippen molar-refractivity contribution in [3.8, 4) is 0 Å². The van der Waals surface area contributed by atoms with Crippen LogP contribution in [0.15, 0.2) is 42.5 Å². The fraction of sp³-hybridized carbons (Fsp3) is 0.679. The molecule has 0 atom stereocenters. The monoisotopic (exact) mass is 414 g/mol. The predicted molar refractivity (Wildman–Crippen MR) is 130 cm³/mol. The van der Waals surface area contributed by atoms with Crippen LogP contribution in [0, 0.1) is 0 Å². The Morgan fingerprint density at radius 2 is 1.13 bits per heavy atom. The van der Waals surface area contributed by atoms with E-state index in [1.807, 2.05) is 30.3 Å². The lowest BCUT2D eigenvalue weighted by Gasteiger charge is -2.07. The average molecular weight is 415 g/mol. The topological polar surface area (TPSA) is 26.3 Å². The largest absolute Gasteiger partial charge is 0.457 e. The summed E-state index contributed by atoms with van der Waals surface area (Å²) in [5, 5.41) is 0. The number of hydrogen-bond donors (Lipinski definition) is 0. The maximum Gasteiger partial charge on any atom is 0.333 e. The van der Waals surface area contributed by atoms with Crippen molar-refractivity contribution in [3.63, 3.8) is 0 Å². The van der Waals surface area contributed by atoms with Crippen LogP contribution in [0.3, 0.4) is 0 Å². The third-order valence-electron chi connectivity index (χ3n) is 5.83. The van der Waals surface area contributed by atoms with Crippen molar-refractivity contribution in [2.45, 2.75) is 123 Å². The molecule has 1 aromatic carbocycles. The smallest absolute Gasteiger partial charge is 0.333 e. The Morgan fingerprint density at radius 1 is 0.700 bits per heavy atom. The van der Waals surface area contributed by atoms with E-state index in [2.05, 4.69) is 13.5 Å². The molecule has 30 heavy (non-hydrogen) atoms. The molecule has 0 heterocycles. The molecule has 2 heteroatoms. The van der Waals surface area contributed by atoms with Gasteiger partial charge in [0, 0.05) is 5.57 Å². The van der Waals surface area contributed by atoms with E-state index < -0.39 is 0 Å². The molecule has 0 spiro atoms. The van der Waals surface area contributed by atoms with Crippen LogP contribution in [0.2, 0.25) is 0 Å². The molecule has 1 aromatic rings. The van der Waals surface area contributed by atoms with Crippen molar-refractivity contribution in [2.24, 2.45) is 0 Å². The SMILES string of the molecule is C=C(CCCCCCCCCCCCCCCCCC)C(=O)OCc1ccccc1. The van der Waals surface area contributed by atoms with Crippen LogP contribution in [-0.2, 0) is 16.1 Å². The van der Waals surface area contributed by atoms with Crippen molar-refractivity contribution in [3.05, 3.63) is 48.0 Å². The van der Waals surface area contributed by atoms with Gasteiger partial charge in [0.1, 0.15) is 6.61 Å². The van der Waals surface area contributed by atoms with E-state index in [1.165, 1.54) is 96.3 Å². The molecule has 0 unspecified atom stereocenters. The minimum atomic E-state index is -0.250. The highest BCUT2D eigenvalue weighted by Crippen LogP contribution is 2.15. The Kier molecular flexibility index (Phi) is 17.1. The van der Waals surface area contributed by atoms with E-state index in [4.69, 9.17) is 4.74 Å². The highest BCUT2D eigenvalue weighted by atomic mass is 16.5. The summed E-state index contributed by atoms with van der Waals surface area (Å²) in [6.45, 7) is 6.51. The first-order valence-corrected chi connectivity index (χ1v) is 12.6. The summed E-state index contributed by atoms with van der Waals surface area (Å²) in [5.74, 6) is -0.250. The van der Waals surface area contributed by atoms with Gasteiger partial charge in [-0.2, -0.15) is 0 Å². The maximum absolute atomic E-state index is 12.0. The standard InChI is InChI=1S/C28H46O2/c1-3-4-5-6-7-8-9-10-11-12-13-14-15-16-17-19-22-26(2)28(29)30-25-27-23-20-18-21-24-27/h18,20-21,23-24H,2-17,19,22,25H2,1H3. The molecule has 0 saturated carbocycles. The van der Waals surface area contributed by atoms with Gasteiger partial charge in [0.2, 0.25) is 0 Å². The zero-order valence-corrected chi connectivity index (χ0v) is 19.6. The highest BCUT2D eigenvalue weighted by molar-refractivity contribution is 5.87. The van der Waals surface area contributed by atoms with Crippen LogP contribution in [0.25, 0.3) is 0 Å². The van der Waals surface area contributed by atoms with Gasteiger partial charge in [0.05, 0.1) is 0 Å². The molecule has 1 rings (SSSR count). The van der Waals surface area contributed by atoms with E-state index in [9.17, 15) is 4.79 Å². The molecule has 0 aliphatic rings. The lowest BCUT2D eigenvalue weighted by Crippen LogP contribution is -2.07. The van der Waals surface area contributed by atoms with Crippen molar-refractivity contribution in [2.75, 3.05) is 0 Å². The minimum Gasteiger partial charge on any atom is -0.457 e. The second kappa shape index (κ2) is 19.4. The number of carbonyl (C=O) groups excluding carboxylic acids is 1. The van der Waals surface area contributed by atoms with Crippen LogP contribution in [0.5, 0.6) is 0 Å². The van der Waals surface area contributed by atoms with Crippen molar-refractivity contribution in [1.82, 2.24) is 0 Å². The number of esters is 1. The zero-order chi connectivity index (χ0) is 21.7. The van der Waals surface area contributed by atoms with Crippen LogP contribution in [-0.4, -0.2) is 5.97 Å². The molecule has 0 aliphatic carbocycles. The normalized spacial score (nSPS) is 10.8. The van der Waals surface area contributed by atoms with Crippen LogP contribution in [0.4, 0.5) is 0 Å². The van der Waals surface area contributed by atoms with Gasteiger partial charge in [-0.25, -0.2) is 4.79 Å². The number of benzene rings is 1. The number of ether oxygens (including phenoxy) is 1. The quantitative estimate of drug-likeness (QED) is 0.121. The van der Waals surface area contributed by atoms with E-state index in [0.717, 1.165) is 18.4 Å². The van der Waals surface area contributed by atoms with Crippen LogP contribution in [0.1, 0.15) is 122 Å². The summed E-state index contributed by atoms with van der Waals surface area (Å²) < 4.78 is 5.33. The lowest BCUT2D eigenvalue weighted by atomic mass is 10.0. The molecule has 0 aromatic heterocycles. The van der Waals surface area contributed by atoms with Gasteiger partial charge in [-0.1, -0.05) is 140 Å². The maximum atomic E-state index is 12.0. The summed E-state index contributed by atoms with van der Waals surface area (Å²) in [5.41, 5.74) is 1.62. The summed E-state index contributed by atoms with van der Waals surface area (Å²) in [7, 11) is 0. The highest BCUT2D eigenvalue weighted by Gasteiger charge is 2.08. The predicted octanol–water partition coefficient (Wildman–Crippen LogP) is 8.94. The summed E-state index contributed by atoms with van der Waals surface area (Å²) in [4.78, 5) is 12.0. The fourth-order valence-corrected chi connectivity index (χ4v) is 3.81. The van der Waals surface area contributed by atoms with Gasteiger partial charge in [-0.3, -0.25) is 0 Å². The Bertz CT molecular complexity index is 535. The van der Waals surface area contributed by atoms with Gasteiger partial charge in [0.15, 0.2) is 0 Å². The molecule has 0 saturated heterocycles. The zero-order valence-electron chi connectivity index (χ0n) is 19.6. The molecule has 0 bridgehead atoms. The van der Waals surface area contributed by atoms with Gasteiger partial charge in [-0.05, 0) is 18.4 Å². The average Bonchev–Trinajstić information content (AvgIpc) is 2.77. The van der Waals surface area contributed by atoms with Crippen molar-refractivity contribution >= 4 is 5.97 Å². The first-order chi connectivity index (χ1) is 14.7.